The maximum absolute atomic E-state index is 13.1. The van der Waals surface area contributed by atoms with Gasteiger partial charge in [-0.2, -0.15) is 0 Å². The van der Waals surface area contributed by atoms with Crippen molar-refractivity contribution in [2.75, 3.05) is 39.6 Å². The van der Waals surface area contributed by atoms with Crippen molar-refractivity contribution in [3.05, 3.63) is 24.3 Å². The van der Waals surface area contributed by atoms with E-state index in [-0.39, 0.29) is 25.7 Å². The van der Waals surface area contributed by atoms with E-state index in [1.165, 1.54) is 167 Å². The monoisotopic (exact) mass is 1430 g/mol. The van der Waals surface area contributed by atoms with Crippen LogP contribution in [0.25, 0.3) is 0 Å². The molecule has 3 N–H and O–H groups in total. The number of phosphoric ester groups is 2. The summed E-state index contributed by atoms with van der Waals surface area (Å²) in [5, 5.41) is 10.6. The Morgan fingerprint density at radius 1 is 0.337 bits per heavy atom. The van der Waals surface area contributed by atoms with E-state index in [4.69, 9.17) is 37.0 Å². The molecule has 0 saturated carbocycles. The maximum atomic E-state index is 13.1. The van der Waals surface area contributed by atoms with E-state index < -0.39 is 97.5 Å². The Kier molecular flexibility index (Phi) is 67.2. The zero-order valence-corrected chi connectivity index (χ0v) is 65.5. The predicted octanol–water partition coefficient (Wildman–Crippen LogP) is 22.9. The third-order valence-corrected chi connectivity index (χ3v) is 20.0. The molecular weight excluding hydrogens is 1280 g/mol. The minimum Gasteiger partial charge on any atom is -0.462 e. The topological polar surface area (TPSA) is 237 Å². The first-order chi connectivity index (χ1) is 47.3. The third kappa shape index (κ3) is 70.6. The van der Waals surface area contributed by atoms with Gasteiger partial charge in [-0.15, -0.1) is 0 Å². The first-order valence-corrected chi connectivity index (χ1v) is 43.2. The van der Waals surface area contributed by atoms with Crippen molar-refractivity contribution in [1.82, 2.24) is 0 Å². The molecule has 0 aromatic carbocycles. The van der Waals surface area contributed by atoms with Crippen molar-refractivity contribution >= 4 is 39.5 Å². The van der Waals surface area contributed by atoms with Crippen molar-refractivity contribution in [2.24, 2.45) is 17.8 Å². The SMILES string of the molecule is CCCCCC/C=C\C=C/CCCCCCCC(=O)OC[C@H](COP(=O)(O)OC[C@@H](O)COP(=O)(O)OC[C@@H](COC(=O)CCCCCCCCC(C)C)OC(=O)CCCCCCCCCCCCCCCCCCCCC(C)CC)OC(=O)CCCCCCCCCCCC(C)C. The van der Waals surface area contributed by atoms with Gasteiger partial charge >= 0.3 is 39.5 Å². The lowest BCUT2D eigenvalue weighted by Gasteiger charge is -2.21. The molecule has 0 spiro atoms. The molecular formula is C79H150O17P2. The number of carbonyl (C=O) groups excluding carboxylic acids is 4. The van der Waals surface area contributed by atoms with Crippen LogP contribution in [0.4, 0.5) is 0 Å². The molecule has 0 heterocycles. The lowest BCUT2D eigenvalue weighted by atomic mass is 9.99. The molecule has 17 nitrogen and oxygen atoms in total. The molecule has 19 heteroatoms. The van der Waals surface area contributed by atoms with E-state index >= 15 is 0 Å². The summed E-state index contributed by atoms with van der Waals surface area (Å²) in [6.07, 6.45) is 59.3. The number of carbonyl (C=O) groups is 4. The standard InChI is InChI=1S/C79H150O17P2/c1-8-10-11-12-13-14-15-16-21-25-28-33-38-46-53-60-76(81)89-66-74(95-79(84)63-56-49-40-35-30-31-36-43-50-57-70(3)4)68-93-97(85,86)91-64-73(80)65-92-98(87,88)94-69-75(67-90-77(82)61-54-47-42-41-44-51-58-71(5)6)96-78(83)62-55-48-39-34-29-26-23-20-18-17-19-22-24-27-32-37-45-52-59-72(7)9-2/h14-16,21,70-75,80H,8-13,17-20,22-69H2,1-7H3,(H,85,86)(H,87,88)/b15-14-,21-16-/t72?,73-,74-,75-/m1/s1. The van der Waals surface area contributed by atoms with Crippen LogP contribution in [0.2, 0.25) is 0 Å². The number of ether oxygens (including phenoxy) is 4. The van der Waals surface area contributed by atoms with Crippen molar-refractivity contribution < 1.29 is 80.2 Å². The molecule has 98 heavy (non-hydrogen) atoms. The van der Waals surface area contributed by atoms with Gasteiger partial charge in [0.05, 0.1) is 26.4 Å². The Morgan fingerprint density at radius 2 is 0.602 bits per heavy atom. The van der Waals surface area contributed by atoms with Gasteiger partial charge in [-0.3, -0.25) is 37.3 Å². The second-order valence-electron chi connectivity index (χ2n) is 29.0. The number of phosphoric acid groups is 2. The Hall–Kier alpha value is -2.46. The summed E-state index contributed by atoms with van der Waals surface area (Å²) in [4.78, 5) is 72.8. The number of hydrogen-bond acceptors (Lipinski definition) is 15. The van der Waals surface area contributed by atoms with Gasteiger partial charge in [0.15, 0.2) is 12.2 Å². The van der Waals surface area contributed by atoms with Crippen molar-refractivity contribution in [2.45, 2.75) is 401 Å². The van der Waals surface area contributed by atoms with Crippen LogP contribution in [-0.2, 0) is 65.4 Å². The van der Waals surface area contributed by atoms with Crippen LogP contribution in [0, 0.1) is 17.8 Å². The number of rotatable bonds is 75. The Bertz CT molecular complexity index is 2000. The normalized spacial score (nSPS) is 14.4. The highest BCUT2D eigenvalue weighted by Crippen LogP contribution is 2.45. The summed E-state index contributed by atoms with van der Waals surface area (Å²) < 4.78 is 68.5. The zero-order valence-electron chi connectivity index (χ0n) is 63.7. The van der Waals surface area contributed by atoms with Crippen LogP contribution in [0.15, 0.2) is 24.3 Å². The molecule has 0 aliphatic carbocycles. The van der Waals surface area contributed by atoms with Crippen LogP contribution in [0.5, 0.6) is 0 Å². The molecule has 0 saturated heterocycles. The van der Waals surface area contributed by atoms with E-state index in [0.29, 0.717) is 31.6 Å². The van der Waals surface area contributed by atoms with Gasteiger partial charge < -0.3 is 33.8 Å². The summed E-state index contributed by atoms with van der Waals surface area (Å²) in [5.74, 6) is 0.132. The third-order valence-electron chi connectivity index (χ3n) is 18.1. The Morgan fingerprint density at radius 3 is 0.908 bits per heavy atom. The predicted molar refractivity (Wildman–Crippen MR) is 400 cm³/mol. The van der Waals surface area contributed by atoms with Gasteiger partial charge in [0, 0.05) is 25.7 Å². The fourth-order valence-electron chi connectivity index (χ4n) is 11.6. The van der Waals surface area contributed by atoms with Gasteiger partial charge in [0.1, 0.15) is 19.3 Å². The van der Waals surface area contributed by atoms with E-state index in [2.05, 4.69) is 72.8 Å². The molecule has 0 aliphatic heterocycles. The van der Waals surface area contributed by atoms with Gasteiger partial charge in [-0.1, -0.05) is 330 Å². The average Bonchev–Trinajstić information content (AvgIpc) is 1.61. The van der Waals surface area contributed by atoms with Gasteiger partial charge in [-0.05, 0) is 69.1 Å². The number of hydrogen-bond donors (Lipinski definition) is 3. The van der Waals surface area contributed by atoms with Crippen molar-refractivity contribution in [3.63, 3.8) is 0 Å². The average molecular weight is 1430 g/mol. The summed E-state index contributed by atoms with van der Waals surface area (Å²) in [6.45, 7) is 11.8. The molecule has 0 aromatic rings. The molecule has 0 rings (SSSR count). The largest absolute Gasteiger partial charge is 0.472 e. The fraction of sp³-hybridized carbons (Fsp3) is 0.899. The van der Waals surface area contributed by atoms with E-state index in [9.17, 15) is 43.2 Å². The maximum Gasteiger partial charge on any atom is 0.472 e. The number of allylic oxidation sites excluding steroid dienone is 4. The summed E-state index contributed by atoms with van der Waals surface area (Å²) in [5.41, 5.74) is 0. The lowest BCUT2D eigenvalue weighted by Crippen LogP contribution is -2.30. The van der Waals surface area contributed by atoms with Crippen molar-refractivity contribution in [3.8, 4) is 0 Å². The van der Waals surface area contributed by atoms with Crippen molar-refractivity contribution in [1.29, 1.82) is 0 Å². The summed E-state index contributed by atoms with van der Waals surface area (Å²) >= 11 is 0. The van der Waals surface area contributed by atoms with Crippen LogP contribution in [0.3, 0.4) is 0 Å². The molecule has 0 radical (unpaired) electrons. The molecule has 0 aliphatic rings. The van der Waals surface area contributed by atoms with Gasteiger partial charge in [0.25, 0.3) is 0 Å². The summed E-state index contributed by atoms with van der Waals surface area (Å²) in [7, 11) is -9.93. The van der Waals surface area contributed by atoms with Crippen LogP contribution < -0.4 is 0 Å². The summed E-state index contributed by atoms with van der Waals surface area (Å²) in [6, 6.07) is 0. The van der Waals surface area contributed by atoms with Gasteiger partial charge in [0.2, 0.25) is 0 Å². The zero-order chi connectivity index (χ0) is 72.3. The molecule has 3 unspecified atom stereocenters. The molecule has 0 aromatic heterocycles. The van der Waals surface area contributed by atoms with Crippen LogP contribution in [-0.4, -0.2) is 96.7 Å². The first kappa shape index (κ1) is 95.5. The van der Waals surface area contributed by atoms with Crippen LogP contribution >= 0.6 is 15.6 Å². The number of esters is 4. The second kappa shape index (κ2) is 68.9. The minimum absolute atomic E-state index is 0.0982. The Balaban J connectivity index is 5.19. The van der Waals surface area contributed by atoms with Crippen LogP contribution in [0.1, 0.15) is 382 Å². The van der Waals surface area contributed by atoms with E-state index in [0.717, 1.165) is 127 Å². The number of aliphatic hydroxyl groups is 1. The highest BCUT2D eigenvalue weighted by molar-refractivity contribution is 7.47. The Labute approximate surface area is 599 Å². The number of aliphatic hydroxyl groups excluding tert-OH is 1. The lowest BCUT2D eigenvalue weighted by molar-refractivity contribution is -0.161. The number of unbranched alkanes of at least 4 members (excludes halogenated alkanes) is 39. The highest BCUT2D eigenvalue weighted by Gasteiger charge is 2.30. The molecule has 6 atom stereocenters. The highest BCUT2D eigenvalue weighted by atomic mass is 31.2. The quantitative estimate of drug-likeness (QED) is 0.0169. The molecule has 0 fully saturated rings. The van der Waals surface area contributed by atoms with Gasteiger partial charge in [-0.25, -0.2) is 9.13 Å². The molecule has 0 amide bonds. The van der Waals surface area contributed by atoms with E-state index in [1.54, 1.807) is 0 Å². The molecule has 578 valence electrons. The smallest absolute Gasteiger partial charge is 0.462 e. The van der Waals surface area contributed by atoms with E-state index in [1.807, 2.05) is 0 Å². The second-order valence-corrected chi connectivity index (χ2v) is 31.9. The first-order valence-electron chi connectivity index (χ1n) is 40.2. The minimum atomic E-state index is -4.96. The molecule has 0 bridgehead atoms. The fourth-order valence-corrected chi connectivity index (χ4v) is 13.1.